The maximum atomic E-state index is 5.43. The summed E-state index contributed by atoms with van der Waals surface area (Å²) in [7, 11) is 0. The molecule has 2 aromatic heterocycles. The Morgan fingerprint density at radius 2 is 2.33 bits per heavy atom. The quantitative estimate of drug-likeness (QED) is 0.874. The molecule has 80 valence electrons. The van der Waals surface area contributed by atoms with Crippen LogP contribution in [-0.4, -0.2) is 4.98 Å². The molecule has 2 rings (SSSR count). The second-order valence-corrected chi connectivity index (χ2v) is 5.20. The Morgan fingerprint density at radius 3 is 2.93 bits per heavy atom. The van der Waals surface area contributed by atoms with E-state index in [0.29, 0.717) is 0 Å². The first kappa shape index (κ1) is 11.1. The number of hydrogen-bond acceptors (Lipinski definition) is 4. The highest BCUT2D eigenvalue weighted by molar-refractivity contribution is 14.1. The monoisotopic (exact) mass is 334 g/mol. The molecule has 0 aliphatic carbocycles. The minimum absolute atomic E-state index is 0.752. The van der Waals surface area contributed by atoms with Crippen LogP contribution < -0.4 is 5.32 Å². The predicted octanol–water partition coefficient (Wildman–Crippen LogP) is 2.94. The van der Waals surface area contributed by atoms with Crippen molar-refractivity contribution in [2.24, 2.45) is 0 Å². The predicted molar refractivity (Wildman–Crippen MR) is 68.8 cm³/mol. The summed E-state index contributed by atoms with van der Waals surface area (Å²) in [5, 5.41) is 6.48. The van der Waals surface area contributed by atoms with Crippen molar-refractivity contribution in [2.75, 3.05) is 0 Å². The van der Waals surface area contributed by atoms with Crippen LogP contribution in [0.4, 0.5) is 0 Å². The van der Waals surface area contributed by atoms with Gasteiger partial charge in [0.25, 0.3) is 0 Å². The van der Waals surface area contributed by atoms with E-state index in [4.69, 9.17) is 4.42 Å². The van der Waals surface area contributed by atoms with Crippen LogP contribution in [0.1, 0.15) is 16.5 Å². The molecule has 15 heavy (non-hydrogen) atoms. The number of thiazole rings is 1. The van der Waals surface area contributed by atoms with Crippen LogP contribution in [0.15, 0.2) is 21.9 Å². The number of rotatable bonds is 4. The van der Waals surface area contributed by atoms with Gasteiger partial charge in [-0.2, -0.15) is 0 Å². The molecule has 0 amide bonds. The first-order valence-corrected chi connectivity index (χ1v) is 6.56. The molecule has 0 fully saturated rings. The molecule has 0 aliphatic rings. The van der Waals surface area contributed by atoms with E-state index in [9.17, 15) is 0 Å². The number of halogens is 1. The summed E-state index contributed by atoms with van der Waals surface area (Å²) in [6.07, 6.45) is 0. The van der Waals surface area contributed by atoms with Crippen LogP contribution in [0, 0.1) is 10.7 Å². The lowest BCUT2D eigenvalue weighted by Crippen LogP contribution is -2.11. The molecule has 5 heteroatoms. The van der Waals surface area contributed by atoms with Gasteiger partial charge in [0.15, 0.2) is 3.77 Å². The third-order valence-electron chi connectivity index (χ3n) is 1.87. The van der Waals surface area contributed by atoms with Gasteiger partial charge in [0.05, 0.1) is 6.54 Å². The topological polar surface area (TPSA) is 38.1 Å². The van der Waals surface area contributed by atoms with Crippen LogP contribution in [0.3, 0.4) is 0 Å². The van der Waals surface area contributed by atoms with Crippen LogP contribution in [-0.2, 0) is 13.1 Å². The first-order valence-electron chi connectivity index (χ1n) is 4.60. The fourth-order valence-corrected chi connectivity index (χ4v) is 2.43. The Labute approximate surface area is 106 Å². The average Bonchev–Trinajstić information content (AvgIpc) is 2.76. The molecule has 0 saturated heterocycles. The number of furan rings is 1. The van der Waals surface area contributed by atoms with E-state index >= 15 is 0 Å². The zero-order valence-electron chi connectivity index (χ0n) is 8.29. The Kier molecular flexibility index (Phi) is 3.76. The zero-order chi connectivity index (χ0) is 10.7. The van der Waals surface area contributed by atoms with Crippen molar-refractivity contribution in [1.29, 1.82) is 0 Å². The normalized spacial score (nSPS) is 10.8. The Morgan fingerprint density at radius 1 is 1.47 bits per heavy atom. The van der Waals surface area contributed by atoms with Gasteiger partial charge in [-0.25, -0.2) is 4.98 Å². The summed E-state index contributed by atoms with van der Waals surface area (Å²) in [5.74, 6) is 0.965. The standard InChI is InChI=1S/C10H11IN2OS/c1-7-6-15-10(13-7)5-12-4-8-2-3-9(11)14-8/h2-3,6,12H,4-5H2,1H3. The number of aromatic nitrogens is 1. The van der Waals surface area contributed by atoms with Crippen LogP contribution in [0.5, 0.6) is 0 Å². The largest absolute Gasteiger partial charge is 0.454 e. The molecular weight excluding hydrogens is 323 g/mol. The van der Waals surface area contributed by atoms with E-state index in [1.807, 2.05) is 19.1 Å². The van der Waals surface area contributed by atoms with E-state index in [-0.39, 0.29) is 0 Å². The molecule has 0 aliphatic heterocycles. The smallest absolute Gasteiger partial charge is 0.164 e. The Hall–Kier alpha value is -0.400. The average molecular weight is 334 g/mol. The molecule has 0 bridgehead atoms. The number of hydrogen-bond donors (Lipinski definition) is 1. The van der Waals surface area contributed by atoms with Gasteiger partial charge < -0.3 is 9.73 Å². The summed E-state index contributed by atoms with van der Waals surface area (Å²) in [6.45, 7) is 3.56. The molecule has 1 N–H and O–H groups in total. The second-order valence-electron chi connectivity index (χ2n) is 3.19. The molecule has 0 aromatic carbocycles. The first-order chi connectivity index (χ1) is 7.24. The molecule has 0 saturated carbocycles. The maximum absolute atomic E-state index is 5.43. The van der Waals surface area contributed by atoms with E-state index in [0.717, 1.165) is 33.3 Å². The zero-order valence-corrected chi connectivity index (χ0v) is 11.3. The molecule has 3 nitrogen and oxygen atoms in total. The summed E-state index contributed by atoms with van der Waals surface area (Å²) >= 11 is 3.85. The fourth-order valence-electron chi connectivity index (χ4n) is 1.22. The molecular formula is C10H11IN2OS. The SMILES string of the molecule is Cc1csc(CNCc2ccc(I)o2)n1. The third-order valence-corrected chi connectivity index (χ3v) is 3.42. The van der Waals surface area contributed by atoms with E-state index in [1.165, 1.54) is 0 Å². The molecule has 2 aromatic rings. The number of nitrogens with zero attached hydrogens (tertiary/aromatic N) is 1. The van der Waals surface area contributed by atoms with Gasteiger partial charge in [0, 0.05) is 17.6 Å². The van der Waals surface area contributed by atoms with Gasteiger partial charge in [-0.3, -0.25) is 0 Å². The van der Waals surface area contributed by atoms with Crippen molar-refractivity contribution in [3.05, 3.63) is 37.7 Å². The van der Waals surface area contributed by atoms with Crippen molar-refractivity contribution < 1.29 is 4.42 Å². The highest BCUT2D eigenvalue weighted by Crippen LogP contribution is 2.11. The Bertz CT molecular complexity index is 398. The summed E-state index contributed by atoms with van der Waals surface area (Å²) in [4.78, 5) is 4.37. The van der Waals surface area contributed by atoms with Gasteiger partial charge in [0.2, 0.25) is 0 Å². The van der Waals surface area contributed by atoms with Gasteiger partial charge in [-0.05, 0) is 41.6 Å². The fraction of sp³-hybridized carbons (Fsp3) is 0.300. The summed E-state index contributed by atoms with van der Waals surface area (Å²) in [6, 6.07) is 3.95. The minimum Gasteiger partial charge on any atom is -0.454 e. The van der Waals surface area contributed by atoms with Crippen molar-refractivity contribution in [3.63, 3.8) is 0 Å². The Balaban J connectivity index is 1.80. The van der Waals surface area contributed by atoms with Crippen molar-refractivity contribution in [2.45, 2.75) is 20.0 Å². The molecule has 2 heterocycles. The van der Waals surface area contributed by atoms with Crippen LogP contribution in [0.25, 0.3) is 0 Å². The van der Waals surface area contributed by atoms with E-state index in [2.05, 4.69) is 38.3 Å². The van der Waals surface area contributed by atoms with E-state index in [1.54, 1.807) is 11.3 Å². The molecule has 0 atom stereocenters. The second kappa shape index (κ2) is 5.09. The lowest BCUT2D eigenvalue weighted by atomic mass is 10.4. The van der Waals surface area contributed by atoms with Gasteiger partial charge in [0.1, 0.15) is 10.8 Å². The number of nitrogens with one attached hydrogen (secondary N) is 1. The van der Waals surface area contributed by atoms with Gasteiger partial charge >= 0.3 is 0 Å². The van der Waals surface area contributed by atoms with Crippen LogP contribution >= 0.6 is 33.9 Å². The molecule has 0 unspecified atom stereocenters. The summed E-state index contributed by atoms with van der Waals surface area (Å²) < 4.78 is 6.36. The number of aryl methyl sites for hydroxylation is 1. The van der Waals surface area contributed by atoms with E-state index < -0.39 is 0 Å². The maximum Gasteiger partial charge on any atom is 0.164 e. The molecule has 0 spiro atoms. The van der Waals surface area contributed by atoms with Crippen LogP contribution in [0.2, 0.25) is 0 Å². The highest BCUT2D eigenvalue weighted by atomic mass is 127. The van der Waals surface area contributed by atoms with Crippen molar-refractivity contribution >= 4 is 33.9 Å². The minimum atomic E-state index is 0.752. The third kappa shape index (κ3) is 3.29. The van der Waals surface area contributed by atoms with Gasteiger partial charge in [-0.15, -0.1) is 11.3 Å². The van der Waals surface area contributed by atoms with Crippen molar-refractivity contribution in [3.8, 4) is 0 Å². The summed E-state index contributed by atoms with van der Waals surface area (Å²) in [5.41, 5.74) is 1.09. The molecule has 0 radical (unpaired) electrons. The lowest BCUT2D eigenvalue weighted by molar-refractivity contribution is 0.463. The van der Waals surface area contributed by atoms with Gasteiger partial charge in [-0.1, -0.05) is 0 Å². The van der Waals surface area contributed by atoms with Crippen molar-refractivity contribution in [1.82, 2.24) is 10.3 Å². The highest BCUT2D eigenvalue weighted by Gasteiger charge is 2.00. The lowest BCUT2D eigenvalue weighted by Gasteiger charge is -1.98.